The summed E-state index contributed by atoms with van der Waals surface area (Å²) in [6, 6.07) is 7.04. The van der Waals surface area contributed by atoms with Gasteiger partial charge in [0.2, 0.25) is 10.0 Å². The van der Waals surface area contributed by atoms with Crippen molar-refractivity contribution in [2.45, 2.75) is 30.6 Å². The minimum atomic E-state index is -3.37. The predicted octanol–water partition coefficient (Wildman–Crippen LogP) is 2.29. The molecule has 1 fully saturated rings. The molecule has 0 saturated carbocycles. The third-order valence-corrected chi connectivity index (χ3v) is 5.93. The SMILES string of the molecule is Cc1ccc(S(=O)(=O)N2CCC(c3ncc[nH]3)CC2)cc1. The molecule has 6 heteroatoms. The van der Waals surface area contributed by atoms with Crippen LogP contribution in [-0.4, -0.2) is 35.8 Å². The maximum Gasteiger partial charge on any atom is 0.243 e. The molecule has 0 atom stereocenters. The van der Waals surface area contributed by atoms with Crippen LogP contribution in [0.15, 0.2) is 41.6 Å². The number of rotatable bonds is 3. The molecule has 1 saturated heterocycles. The number of aryl methyl sites for hydroxylation is 1. The second-order valence-corrected chi connectivity index (χ2v) is 7.40. The highest BCUT2D eigenvalue weighted by molar-refractivity contribution is 7.89. The van der Waals surface area contributed by atoms with Gasteiger partial charge in [-0.15, -0.1) is 0 Å². The molecule has 21 heavy (non-hydrogen) atoms. The zero-order valence-electron chi connectivity index (χ0n) is 12.0. The van der Waals surface area contributed by atoms with Gasteiger partial charge in [0, 0.05) is 31.4 Å². The average Bonchev–Trinajstić information content (AvgIpc) is 3.02. The van der Waals surface area contributed by atoms with Crippen molar-refractivity contribution < 1.29 is 8.42 Å². The van der Waals surface area contributed by atoms with Crippen LogP contribution in [-0.2, 0) is 10.0 Å². The summed E-state index contributed by atoms with van der Waals surface area (Å²) in [5.74, 6) is 1.28. The van der Waals surface area contributed by atoms with Gasteiger partial charge in [0.25, 0.3) is 0 Å². The summed E-state index contributed by atoms with van der Waals surface area (Å²) in [6.07, 6.45) is 5.16. The second kappa shape index (κ2) is 5.61. The highest BCUT2D eigenvalue weighted by Crippen LogP contribution is 2.28. The van der Waals surface area contributed by atoms with E-state index in [9.17, 15) is 8.42 Å². The Morgan fingerprint density at radius 3 is 2.43 bits per heavy atom. The van der Waals surface area contributed by atoms with E-state index >= 15 is 0 Å². The van der Waals surface area contributed by atoms with Crippen LogP contribution in [0.3, 0.4) is 0 Å². The third-order valence-electron chi connectivity index (χ3n) is 4.02. The van der Waals surface area contributed by atoms with E-state index in [-0.39, 0.29) is 0 Å². The lowest BCUT2D eigenvalue weighted by Crippen LogP contribution is -2.38. The van der Waals surface area contributed by atoms with Gasteiger partial charge in [-0.1, -0.05) is 17.7 Å². The summed E-state index contributed by atoms with van der Waals surface area (Å²) >= 11 is 0. The molecule has 1 aromatic heterocycles. The van der Waals surface area contributed by atoms with Gasteiger partial charge in [0.15, 0.2) is 0 Å². The van der Waals surface area contributed by atoms with Gasteiger partial charge in [0.1, 0.15) is 5.82 Å². The molecule has 0 unspecified atom stereocenters. The first-order valence-electron chi connectivity index (χ1n) is 7.13. The van der Waals surface area contributed by atoms with Crippen LogP contribution < -0.4 is 0 Å². The smallest absolute Gasteiger partial charge is 0.243 e. The van der Waals surface area contributed by atoms with Crippen molar-refractivity contribution in [3.8, 4) is 0 Å². The molecule has 1 aromatic carbocycles. The minimum Gasteiger partial charge on any atom is -0.348 e. The Morgan fingerprint density at radius 1 is 1.19 bits per heavy atom. The molecule has 1 aliphatic heterocycles. The monoisotopic (exact) mass is 305 g/mol. The molecule has 0 amide bonds. The second-order valence-electron chi connectivity index (χ2n) is 5.47. The Labute approximate surface area is 125 Å². The molecule has 0 radical (unpaired) electrons. The van der Waals surface area contributed by atoms with Gasteiger partial charge in [-0.2, -0.15) is 4.31 Å². The van der Waals surface area contributed by atoms with E-state index in [1.165, 1.54) is 0 Å². The third kappa shape index (κ3) is 2.87. The molecule has 2 aromatic rings. The number of nitrogens with zero attached hydrogens (tertiary/aromatic N) is 2. The van der Waals surface area contributed by atoms with E-state index in [1.54, 1.807) is 22.6 Å². The molecule has 5 nitrogen and oxygen atoms in total. The van der Waals surface area contributed by atoms with Gasteiger partial charge >= 0.3 is 0 Å². The number of hydrogen-bond donors (Lipinski definition) is 1. The van der Waals surface area contributed by atoms with Gasteiger partial charge in [-0.25, -0.2) is 13.4 Å². The molecule has 112 valence electrons. The van der Waals surface area contributed by atoms with Crippen molar-refractivity contribution in [3.63, 3.8) is 0 Å². The standard InChI is InChI=1S/C15H19N3O2S/c1-12-2-4-14(5-3-12)21(19,20)18-10-6-13(7-11-18)15-16-8-9-17-15/h2-5,8-9,13H,6-7,10-11H2,1H3,(H,16,17). The van der Waals surface area contributed by atoms with Gasteiger partial charge < -0.3 is 4.98 Å². The van der Waals surface area contributed by atoms with E-state index in [0.29, 0.717) is 23.9 Å². The molecule has 0 spiro atoms. The Balaban J connectivity index is 1.72. The van der Waals surface area contributed by atoms with Crippen molar-refractivity contribution in [2.75, 3.05) is 13.1 Å². The van der Waals surface area contributed by atoms with Crippen LogP contribution in [0.25, 0.3) is 0 Å². The van der Waals surface area contributed by atoms with E-state index in [1.807, 2.05) is 25.3 Å². The molecular weight excluding hydrogens is 286 g/mol. The topological polar surface area (TPSA) is 66.1 Å². The lowest BCUT2D eigenvalue weighted by molar-refractivity contribution is 0.314. The van der Waals surface area contributed by atoms with Crippen LogP contribution in [0.2, 0.25) is 0 Å². The fourth-order valence-corrected chi connectivity index (χ4v) is 4.20. The molecule has 1 aliphatic rings. The number of benzene rings is 1. The van der Waals surface area contributed by atoms with Crippen molar-refractivity contribution in [1.82, 2.24) is 14.3 Å². The van der Waals surface area contributed by atoms with Crippen LogP contribution in [0.5, 0.6) is 0 Å². The van der Waals surface area contributed by atoms with Crippen molar-refractivity contribution in [1.29, 1.82) is 0 Å². The summed E-state index contributed by atoms with van der Waals surface area (Å²) in [4.78, 5) is 7.77. The Morgan fingerprint density at radius 2 is 1.86 bits per heavy atom. The zero-order chi connectivity index (χ0) is 14.9. The van der Waals surface area contributed by atoms with E-state index in [4.69, 9.17) is 0 Å². The fourth-order valence-electron chi connectivity index (χ4n) is 2.73. The molecule has 2 heterocycles. The first kappa shape index (κ1) is 14.3. The average molecular weight is 305 g/mol. The molecule has 0 aliphatic carbocycles. The number of nitrogens with one attached hydrogen (secondary N) is 1. The van der Waals surface area contributed by atoms with Crippen LogP contribution in [0.1, 0.15) is 30.1 Å². The Bertz CT molecular complexity index is 685. The zero-order valence-corrected chi connectivity index (χ0v) is 12.8. The predicted molar refractivity (Wildman–Crippen MR) is 80.5 cm³/mol. The summed E-state index contributed by atoms with van der Waals surface area (Å²) in [7, 11) is -3.37. The van der Waals surface area contributed by atoms with Gasteiger partial charge in [-0.3, -0.25) is 0 Å². The summed E-state index contributed by atoms with van der Waals surface area (Å²) in [5, 5.41) is 0. The number of H-pyrrole nitrogens is 1. The molecule has 0 bridgehead atoms. The molecule has 3 rings (SSSR count). The van der Waals surface area contributed by atoms with Crippen molar-refractivity contribution >= 4 is 10.0 Å². The first-order valence-corrected chi connectivity index (χ1v) is 8.57. The number of sulfonamides is 1. The lowest BCUT2D eigenvalue weighted by atomic mass is 9.98. The largest absolute Gasteiger partial charge is 0.348 e. The lowest BCUT2D eigenvalue weighted by Gasteiger charge is -2.30. The highest BCUT2D eigenvalue weighted by atomic mass is 32.2. The number of imidazole rings is 1. The van der Waals surface area contributed by atoms with E-state index in [0.717, 1.165) is 24.2 Å². The molecule has 1 N–H and O–H groups in total. The van der Waals surface area contributed by atoms with Crippen LogP contribution in [0, 0.1) is 6.92 Å². The normalized spacial score (nSPS) is 18.0. The van der Waals surface area contributed by atoms with Crippen molar-refractivity contribution in [3.05, 3.63) is 48.0 Å². The molecular formula is C15H19N3O2S. The highest BCUT2D eigenvalue weighted by Gasteiger charge is 2.30. The first-order chi connectivity index (χ1) is 10.1. The summed E-state index contributed by atoms with van der Waals surface area (Å²) in [5.41, 5.74) is 1.06. The quantitative estimate of drug-likeness (QED) is 0.946. The summed E-state index contributed by atoms with van der Waals surface area (Å²) in [6.45, 7) is 3.04. The summed E-state index contributed by atoms with van der Waals surface area (Å²) < 4.78 is 26.8. The fraction of sp³-hybridized carbons (Fsp3) is 0.400. The number of piperidine rings is 1. The Kier molecular flexibility index (Phi) is 3.82. The van der Waals surface area contributed by atoms with Crippen LogP contribution >= 0.6 is 0 Å². The Hall–Kier alpha value is -1.66. The maximum atomic E-state index is 12.6. The van der Waals surface area contributed by atoms with Gasteiger partial charge in [0.05, 0.1) is 4.90 Å². The number of aromatic nitrogens is 2. The maximum absolute atomic E-state index is 12.6. The van der Waals surface area contributed by atoms with E-state index < -0.39 is 10.0 Å². The number of hydrogen-bond acceptors (Lipinski definition) is 3. The minimum absolute atomic E-state index is 0.324. The number of aromatic amines is 1. The van der Waals surface area contributed by atoms with Crippen molar-refractivity contribution in [2.24, 2.45) is 0 Å². The van der Waals surface area contributed by atoms with E-state index in [2.05, 4.69) is 9.97 Å². The van der Waals surface area contributed by atoms with Crippen LogP contribution in [0.4, 0.5) is 0 Å². The van der Waals surface area contributed by atoms with Gasteiger partial charge in [-0.05, 0) is 31.9 Å².